The molecular formula is C12H12N2O4S. The molecule has 0 spiro atoms. The average molecular weight is 280 g/mol. The molecule has 0 aromatic carbocycles. The lowest BCUT2D eigenvalue weighted by Crippen LogP contribution is -2.05. The Hall–Kier alpha value is -2.20. The molecule has 0 saturated heterocycles. The molecule has 0 N–H and O–H groups in total. The summed E-state index contributed by atoms with van der Waals surface area (Å²) >= 11 is 1.19. The van der Waals surface area contributed by atoms with E-state index in [0.717, 1.165) is 0 Å². The number of nitro groups is 1. The van der Waals surface area contributed by atoms with E-state index in [4.69, 9.17) is 10.00 Å². The van der Waals surface area contributed by atoms with Gasteiger partial charge in [-0.25, -0.2) is 4.79 Å². The van der Waals surface area contributed by atoms with Crippen LogP contribution in [0.3, 0.4) is 0 Å². The fourth-order valence-electron chi connectivity index (χ4n) is 1.41. The molecular weight excluding hydrogens is 268 g/mol. The van der Waals surface area contributed by atoms with Crippen molar-refractivity contribution in [2.45, 2.75) is 20.3 Å². The summed E-state index contributed by atoms with van der Waals surface area (Å²) in [6.07, 6.45) is 1.84. The Morgan fingerprint density at radius 1 is 1.63 bits per heavy atom. The molecule has 0 radical (unpaired) electrons. The van der Waals surface area contributed by atoms with Crippen molar-refractivity contribution < 1.29 is 14.5 Å². The molecule has 1 aromatic rings. The second kappa shape index (κ2) is 6.66. The summed E-state index contributed by atoms with van der Waals surface area (Å²) in [6.45, 7) is 3.61. The smallest absolute Gasteiger partial charge is 0.348 e. The molecule has 100 valence electrons. The van der Waals surface area contributed by atoms with E-state index in [2.05, 4.69) is 0 Å². The van der Waals surface area contributed by atoms with Gasteiger partial charge in [-0.2, -0.15) is 5.26 Å². The Labute approximate surface area is 114 Å². The Morgan fingerprint density at radius 2 is 2.32 bits per heavy atom. The summed E-state index contributed by atoms with van der Waals surface area (Å²) in [4.78, 5) is 22.9. The van der Waals surface area contributed by atoms with E-state index in [1.54, 1.807) is 13.0 Å². The van der Waals surface area contributed by atoms with Crippen LogP contribution in [0.4, 0.5) is 5.69 Å². The molecule has 6 nitrogen and oxygen atoms in total. The third-order valence-corrected chi connectivity index (χ3v) is 3.44. The molecule has 0 aliphatic rings. The first-order valence-electron chi connectivity index (χ1n) is 5.59. The first-order chi connectivity index (χ1) is 9.03. The lowest BCUT2D eigenvalue weighted by Gasteiger charge is -1.97. The summed E-state index contributed by atoms with van der Waals surface area (Å²) in [5.74, 6) is -0.723. The Bertz CT molecular complexity index is 569. The van der Waals surface area contributed by atoms with Gasteiger partial charge in [0.25, 0.3) is 5.69 Å². The summed E-state index contributed by atoms with van der Waals surface area (Å²) in [7, 11) is 0. The van der Waals surface area contributed by atoms with Crippen LogP contribution in [0.2, 0.25) is 0 Å². The molecule has 0 atom stereocenters. The second-order valence-corrected chi connectivity index (χ2v) is 4.63. The molecule has 19 heavy (non-hydrogen) atoms. The lowest BCUT2D eigenvalue weighted by atomic mass is 10.2. The van der Waals surface area contributed by atoms with Gasteiger partial charge >= 0.3 is 5.97 Å². The molecule has 0 unspecified atom stereocenters. The third-order valence-electron chi connectivity index (χ3n) is 2.23. The Morgan fingerprint density at radius 3 is 2.74 bits per heavy atom. The van der Waals surface area contributed by atoms with Crippen LogP contribution in [0.25, 0.3) is 6.08 Å². The summed E-state index contributed by atoms with van der Waals surface area (Å²) < 4.78 is 4.72. The highest BCUT2D eigenvalue weighted by Gasteiger charge is 2.18. The molecule has 1 rings (SSSR count). The van der Waals surface area contributed by atoms with Gasteiger partial charge in [0.05, 0.1) is 16.4 Å². The van der Waals surface area contributed by atoms with Crippen molar-refractivity contribution in [3.63, 3.8) is 0 Å². The highest BCUT2D eigenvalue weighted by molar-refractivity contribution is 7.13. The lowest BCUT2D eigenvalue weighted by molar-refractivity contribution is -0.385. The van der Waals surface area contributed by atoms with Crippen LogP contribution in [0.1, 0.15) is 23.6 Å². The number of aryl methyl sites for hydroxylation is 1. The van der Waals surface area contributed by atoms with Gasteiger partial charge in [-0.3, -0.25) is 10.1 Å². The fraction of sp³-hybridized carbons (Fsp3) is 0.333. The Balaban J connectivity index is 3.13. The van der Waals surface area contributed by atoms with Crippen molar-refractivity contribution in [2.75, 3.05) is 6.61 Å². The Kier molecular flexibility index (Phi) is 5.21. The maximum atomic E-state index is 11.4. The summed E-state index contributed by atoms with van der Waals surface area (Å²) in [5, 5.41) is 19.7. The minimum atomic E-state index is -0.723. The van der Waals surface area contributed by atoms with Crippen LogP contribution in [-0.4, -0.2) is 17.5 Å². The summed E-state index contributed by atoms with van der Waals surface area (Å²) in [5.41, 5.74) is -0.152. The molecule has 0 aliphatic heterocycles. The standard InChI is InChI=1S/C12H12N2O4S/c1-3-11-10(14(16)17)6-9(19-11)5-8(7-13)12(15)18-4-2/h5-6H,3-4H2,1-2H3/b8-5+. The SMILES string of the molecule is CCOC(=O)/C(C#N)=C/c1cc([N+](=O)[O-])c(CC)s1. The van der Waals surface area contributed by atoms with Gasteiger partial charge in [0, 0.05) is 10.9 Å². The maximum absolute atomic E-state index is 11.4. The first kappa shape index (κ1) is 14.9. The predicted molar refractivity (Wildman–Crippen MR) is 70.6 cm³/mol. The fourth-order valence-corrected chi connectivity index (χ4v) is 2.42. The van der Waals surface area contributed by atoms with E-state index >= 15 is 0 Å². The van der Waals surface area contributed by atoms with Crippen molar-refractivity contribution in [2.24, 2.45) is 0 Å². The van der Waals surface area contributed by atoms with Gasteiger partial charge in [-0.1, -0.05) is 6.92 Å². The van der Waals surface area contributed by atoms with Gasteiger partial charge in [0.15, 0.2) is 0 Å². The number of esters is 1. The quantitative estimate of drug-likeness (QED) is 0.272. The predicted octanol–water partition coefficient (Wildman–Crippen LogP) is 2.69. The monoisotopic (exact) mass is 280 g/mol. The minimum Gasteiger partial charge on any atom is -0.462 e. The molecule has 0 amide bonds. The molecule has 0 bridgehead atoms. The normalized spacial score (nSPS) is 10.9. The van der Waals surface area contributed by atoms with Crippen molar-refractivity contribution in [1.29, 1.82) is 5.26 Å². The van der Waals surface area contributed by atoms with E-state index in [-0.39, 0.29) is 17.9 Å². The maximum Gasteiger partial charge on any atom is 0.348 e. The topological polar surface area (TPSA) is 93.2 Å². The number of nitriles is 1. The van der Waals surface area contributed by atoms with E-state index in [9.17, 15) is 14.9 Å². The van der Waals surface area contributed by atoms with Crippen molar-refractivity contribution in [1.82, 2.24) is 0 Å². The van der Waals surface area contributed by atoms with Gasteiger partial charge in [-0.15, -0.1) is 11.3 Å². The van der Waals surface area contributed by atoms with E-state index in [1.165, 1.54) is 23.5 Å². The number of carbonyl (C=O) groups excluding carboxylic acids is 1. The first-order valence-corrected chi connectivity index (χ1v) is 6.41. The van der Waals surface area contributed by atoms with Crippen LogP contribution in [0.5, 0.6) is 0 Å². The largest absolute Gasteiger partial charge is 0.462 e. The van der Waals surface area contributed by atoms with Gasteiger partial charge < -0.3 is 4.74 Å². The van der Waals surface area contributed by atoms with Crippen LogP contribution in [0, 0.1) is 21.4 Å². The van der Waals surface area contributed by atoms with Crippen LogP contribution < -0.4 is 0 Å². The van der Waals surface area contributed by atoms with Crippen LogP contribution >= 0.6 is 11.3 Å². The zero-order chi connectivity index (χ0) is 14.4. The average Bonchev–Trinajstić information content (AvgIpc) is 2.79. The van der Waals surface area contributed by atoms with E-state index in [0.29, 0.717) is 16.2 Å². The zero-order valence-corrected chi connectivity index (χ0v) is 11.3. The highest BCUT2D eigenvalue weighted by atomic mass is 32.1. The molecule has 0 aliphatic carbocycles. The van der Waals surface area contributed by atoms with Crippen molar-refractivity contribution in [3.05, 3.63) is 31.5 Å². The number of carbonyl (C=O) groups is 1. The van der Waals surface area contributed by atoms with Crippen molar-refractivity contribution in [3.8, 4) is 6.07 Å². The van der Waals surface area contributed by atoms with E-state index < -0.39 is 10.9 Å². The number of ether oxygens (including phenoxy) is 1. The van der Waals surface area contributed by atoms with Crippen LogP contribution in [0.15, 0.2) is 11.6 Å². The number of nitrogens with zero attached hydrogens (tertiary/aromatic N) is 2. The van der Waals surface area contributed by atoms with E-state index in [1.807, 2.05) is 6.92 Å². The van der Waals surface area contributed by atoms with Gasteiger partial charge in [0.1, 0.15) is 11.6 Å². The molecule has 0 fully saturated rings. The van der Waals surface area contributed by atoms with Crippen molar-refractivity contribution >= 4 is 29.1 Å². The highest BCUT2D eigenvalue weighted by Crippen LogP contribution is 2.31. The van der Waals surface area contributed by atoms with Gasteiger partial charge in [0.2, 0.25) is 0 Å². The number of hydrogen-bond acceptors (Lipinski definition) is 6. The second-order valence-electron chi connectivity index (χ2n) is 3.46. The molecule has 1 heterocycles. The zero-order valence-electron chi connectivity index (χ0n) is 10.5. The molecule has 1 aromatic heterocycles. The number of thiophene rings is 1. The van der Waals surface area contributed by atoms with Gasteiger partial charge in [-0.05, 0) is 19.4 Å². The van der Waals surface area contributed by atoms with Crippen LogP contribution in [-0.2, 0) is 16.0 Å². The summed E-state index contributed by atoms with van der Waals surface area (Å²) in [6, 6.07) is 3.10. The minimum absolute atomic E-state index is 0.0138. The third kappa shape index (κ3) is 3.63. The molecule has 0 saturated carbocycles. The number of hydrogen-bond donors (Lipinski definition) is 0. The molecule has 7 heteroatoms. The number of rotatable bonds is 5.